The summed E-state index contributed by atoms with van der Waals surface area (Å²) in [5, 5.41) is 3.47. The van der Waals surface area contributed by atoms with Gasteiger partial charge in [-0.3, -0.25) is 0 Å². The van der Waals surface area contributed by atoms with Crippen LogP contribution in [0.3, 0.4) is 0 Å². The van der Waals surface area contributed by atoms with Gasteiger partial charge in [-0.2, -0.15) is 0 Å². The van der Waals surface area contributed by atoms with Crippen molar-refractivity contribution in [1.29, 1.82) is 0 Å². The first-order valence-corrected chi connectivity index (χ1v) is 7.00. The van der Waals surface area contributed by atoms with E-state index in [-0.39, 0.29) is 12.4 Å². The molecule has 3 rings (SSSR count). The Bertz CT molecular complexity index is 581. The SMILES string of the molecule is Fc1ccccc1COc1cccc(CNC2CC2)c1. The quantitative estimate of drug-likeness (QED) is 0.865. The fourth-order valence-corrected chi connectivity index (χ4v) is 2.07. The minimum atomic E-state index is -0.223. The predicted molar refractivity (Wildman–Crippen MR) is 77.0 cm³/mol. The van der Waals surface area contributed by atoms with Crippen LogP contribution in [0.25, 0.3) is 0 Å². The summed E-state index contributed by atoms with van der Waals surface area (Å²) in [6, 6.07) is 15.4. The number of halogens is 1. The molecular formula is C17H18FNO. The molecule has 2 nitrogen and oxygen atoms in total. The van der Waals surface area contributed by atoms with Gasteiger partial charge in [0.25, 0.3) is 0 Å². The van der Waals surface area contributed by atoms with Gasteiger partial charge in [0.2, 0.25) is 0 Å². The molecule has 1 aliphatic carbocycles. The highest BCUT2D eigenvalue weighted by molar-refractivity contribution is 5.29. The van der Waals surface area contributed by atoms with E-state index >= 15 is 0 Å². The maximum absolute atomic E-state index is 13.5. The number of hydrogen-bond acceptors (Lipinski definition) is 2. The summed E-state index contributed by atoms with van der Waals surface area (Å²) in [6.07, 6.45) is 2.56. The van der Waals surface area contributed by atoms with Crippen molar-refractivity contribution in [1.82, 2.24) is 5.32 Å². The van der Waals surface area contributed by atoms with Gasteiger partial charge in [-0.15, -0.1) is 0 Å². The third-order valence-corrected chi connectivity index (χ3v) is 3.42. The molecule has 0 heterocycles. The van der Waals surface area contributed by atoms with Crippen LogP contribution in [0.2, 0.25) is 0 Å². The first-order chi connectivity index (χ1) is 9.81. The van der Waals surface area contributed by atoms with Crippen molar-refractivity contribution >= 4 is 0 Å². The van der Waals surface area contributed by atoms with Gasteiger partial charge in [-0.1, -0.05) is 30.3 Å². The van der Waals surface area contributed by atoms with Crippen LogP contribution < -0.4 is 10.1 Å². The van der Waals surface area contributed by atoms with Crippen molar-refractivity contribution in [3.05, 3.63) is 65.5 Å². The predicted octanol–water partition coefficient (Wildman–Crippen LogP) is 3.66. The maximum atomic E-state index is 13.5. The van der Waals surface area contributed by atoms with Crippen LogP contribution >= 0.6 is 0 Å². The molecular weight excluding hydrogens is 253 g/mol. The summed E-state index contributed by atoms with van der Waals surface area (Å²) in [7, 11) is 0. The lowest BCUT2D eigenvalue weighted by atomic mass is 10.2. The molecule has 20 heavy (non-hydrogen) atoms. The second-order valence-corrected chi connectivity index (χ2v) is 5.18. The van der Waals surface area contributed by atoms with Crippen LogP contribution in [0.1, 0.15) is 24.0 Å². The third-order valence-electron chi connectivity index (χ3n) is 3.42. The van der Waals surface area contributed by atoms with Gasteiger partial charge in [0.1, 0.15) is 18.2 Å². The lowest BCUT2D eigenvalue weighted by Crippen LogP contribution is -2.15. The molecule has 0 saturated heterocycles. The average Bonchev–Trinajstić information content (AvgIpc) is 3.29. The average molecular weight is 271 g/mol. The molecule has 1 N–H and O–H groups in total. The van der Waals surface area contributed by atoms with Crippen LogP contribution in [0, 0.1) is 5.82 Å². The first-order valence-electron chi connectivity index (χ1n) is 7.00. The lowest BCUT2D eigenvalue weighted by Gasteiger charge is -2.09. The molecule has 0 bridgehead atoms. The van der Waals surface area contributed by atoms with Gasteiger partial charge in [0.05, 0.1) is 0 Å². The molecule has 1 saturated carbocycles. The fourth-order valence-electron chi connectivity index (χ4n) is 2.07. The first kappa shape index (κ1) is 13.1. The molecule has 0 amide bonds. The van der Waals surface area contributed by atoms with Crippen molar-refractivity contribution in [2.45, 2.75) is 32.0 Å². The Kier molecular flexibility index (Phi) is 3.97. The Labute approximate surface area is 118 Å². The van der Waals surface area contributed by atoms with Crippen LogP contribution in [0.5, 0.6) is 5.75 Å². The van der Waals surface area contributed by atoms with E-state index in [9.17, 15) is 4.39 Å². The fraction of sp³-hybridized carbons (Fsp3) is 0.294. The molecule has 104 valence electrons. The summed E-state index contributed by atoms with van der Waals surface area (Å²) in [5.41, 5.74) is 1.77. The van der Waals surface area contributed by atoms with Gasteiger partial charge in [0, 0.05) is 18.2 Å². The zero-order valence-corrected chi connectivity index (χ0v) is 11.3. The van der Waals surface area contributed by atoms with E-state index in [4.69, 9.17) is 4.74 Å². The molecule has 1 aliphatic rings. The molecule has 2 aromatic rings. The van der Waals surface area contributed by atoms with Crippen molar-refractivity contribution in [2.75, 3.05) is 0 Å². The second kappa shape index (κ2) is 6.06. The molecule has 2 aromatic carbocycles. The number of nitrogens with one attached hydrogen (secondary N) is 1. The van der Waals surface area contributed by atoms with E-state index in [2.05, 4.69) is 11.4 Å². The van der Waals surface area contributed by atoms with E-state index in [1.54, 1.807) is 12.1 Å². The molecule has 0 aromatic heterocycles. The van der Waals surface area contributed by atoms with E-state index in [0.29, 0.717) is 11.6 Å². The largest absolute Gasteiger partial charge is 0.489 e. The molecule has 0 unspecified atom stereocenters. The number of benzene rings is 2. The van der Waals surface area contributed by atoms with Crippen LogP contribution in [0.15, 0.2) is 48.5 Å². The van der Waals surface area contributed by atoms with Gasteiger partial charge >= 0.3 is 0 Å². The minimum absolute atomic E-state index is 0.223. The van der Waals surface area contributed by atoms with Crippen molar-refractivity contribution in [2.24, 2.45) is 0 Å². The normalized spacial score (nSPS) is 14.2. The van der Waals surface area contributed by atoms with Gasteiger partial charge in [-0.25, -0.2) is 4.39 Å². The highest BCUT2D eigenvalue weighted by atomic mass is 19.1. The number of ether oxygens (including phenoxy) is 1. The Hall–Kier alpha value is -1.87. The van der Waals surface area contributed by atoms with Gasteiger partial charge in [-0.05, 0) is 36.6 Å². The third kappa shape index (κ3) is 3.58. The van der Waals surface area contributed by atoms with Crippen LogP contribution in [-0.2, 0) is 13.2 Å². The van der Waals surface area contributed by atoms with Crippen LogP contribution in [-0.4, -0.2) is 6.04 Å². The van der Waals surface area contributed by atoms with E-state index in [1.165, 1.54) is 24.5 Å². The second-order valence-electron chi connectivity index (χ2n) is 5.18. The Morgan fingerprint density at radius 2 is 1.95 bits per heavy atom. The van der Waals surface area contributed by atoms with Crippen LogP contribution in [0.4, 0.5) is 4.39 Å². The topological polar surface area (TPSA) is 21.3 Å². The monoisotopic (exact) mass is 271 g/mol. The molecule has 3 heteroatoms. The highest BCUT2D eigenvalue weighted by Gasteiger charge is 2.19. The summed E-state index contributed by atoms with van der Waals surface area (Å²) in [4.78, 5) is 0. The Morgan fingerprint density at radius 1 is 1.10 bits per heavy atom. The lowest BCUT2D eigenvalue weighted by molar-refractivity contribution is 0.299. The molecule has 0 spiro atoms. The molecule has 0 aliphatic heterocycles. The smallest absolute Gasteiger partial charge is 0.129 e. The maximum Gasteiger partial charge on any atom is 0.129 e. The highest BCUT2D eigenvalue weighted by Crippen LogP contribution is 2.20. The number of rotatable bonds is 6. The van der Waals surface area contributed by atoms with E-state index in [1.807, 2.05) is 24.3 Å². The van der Waals surface area contributed by atoms with Crippen molar-refractivity contribution < 1.29 is 9.13 Å². The summed E-state index contributed by atoms with van der Waals surface area (Å²) in [6.45, 7) is 1.12. The van der Waals surface area contributed by atoms with Gasteiger partial charge < -0.3 is 10.1 Å². The summed E-state index contributed by atoms with van der Waals surface area (Å²) in [5.74, 6) is 0.558. The summed E-state index contributed by atoms with van der Waals surface area (Å²) >= 11 is 0. The Balaban J connectivity index is 1.59. The van der Waals surface area contributed by atoms with Crippen molar-refractivity contribution in [3.8, 4) is 5.75 Å². The number of hydrogen-bond donors (Lipinski definition) is 1. The molecule has 0 atom stereocenters. The standard InChI is InChI=1S/C17H18FNO/c18-17-7-2-1-5-14(17)12-20-16-6-3-4-13(10-16)11-19-15-8-9-15/h1-7,10,15,19H,8-9,11-12H2. The Morgan fingerprint density at radius 3 is 2.75 bits per heavy atom. The zero-order chi connectivity index (χ0) is 13.8. The van der Waals surface area contributed by atoms with Crippen molar-refractivity contribution in [3.63, 3.8) is 0 Å². The molecule has 0 radical (unpaired) electrons. The minimum Gasteiger partial charge on any atom is -0.489 e. The zero-order valence-electron chi connectivity index (χ0n) is 11.3. The van der Waals surface area contributed by atoms with Gasteiger partial charge in [0.15, 0.2) is 0 Å². The van der Waals surface area contributed by atoms with E-state index in [0.717, 1.165) is 12.3 Å². The van der Waals surface area contributed by atoms with E-state index < -0.39 is 0 Å². The summed E-state index contributed by atoms with van der Waals surface area (Å²) < 4.78 is 19.2. The molecule has 1 fully saturated rings.